The normalized spacial score (nSPS) is 11.1. The van der Waals surface area contributed by atoms with Crippen molar-refractivity contribution in [1.29, 1.82) is 0 Å². The SMILES string of the molecule is COc1cc(C)nc(NC(C)(C)CC(N)=O)n1. The first-order chi connectivity index (χ1) is 7.82. The van der Waals surface area contributed by atoms with Gasteiger partial charge in [-0.05, 0) is 20.8 Å². The number of carbonyl (C=O) groups is 1. The molecule has 0 spiro atoms. The molecule has 94 valence electrons. The molecule has 0 aromatic carbocycles. The molecule has 1 rings (SSSR count). The molecule has 1 aromatic rings. The number of rotatable bonds is 5. The highest BCUT2D eigenvalue weighted by atomic mass is 16.5. The first-order valence-corrected chi connectivity index (χ1v) is 5.28. The van der Waals surface area contributed by atoms with E-state index in [1.807, 2.05) is 20.8 Å². The summed E-state index contributed by atoms with van der Waals surface area (Å²) in [6.07, 6.45) is 0.201. The highest BCUT2D eigenvalue weighted by Gasteiger charge is 2.21. The maximum absolute atomic E-state index is 10.9. The molecule has 0 aliphatic rings. The van der Waals surface area contributed by atoms with Crippen LogP contribution in [-0.2, 0) is 4.79 Å². The molecule has 0 fully saturated rings. The van der Waals surface area contributed by atoms with Crippen molar-refractivity contribution in [2.45, 2.75) is 32.7 Å². The van der Waals surface area contributed by atoms with Gasteiger partial charge in [0.2, 0.25) is 17.7 Å². The van der Waals surface area contributed by atoms with Crippen LogP contribution in [0.4, 0.5) is 5.95 Å². The van der Waals surface area contributed by atoms with Gasteiger partial charge in [0.1, 0.15) is 0 Å². The summed E-state index contributed by atoms with van der Waals surface area (Å²) in [4.78, 5) is 19.3. The third kappa shape index (κ3) is 4.26. The van der Waals surface area contributed by atoms with Crippen molar-refractivity contribution in [3.05, 3.63) is 11.8 Å². The molecule has 0 saturated carbocycles. The molecule has 0 aliphatic carbocycles. The van der Waals surface area contributed by atoms with Gasteiger partial charge in [0.15, 0.2) is 0 Å². The van der Waals surface area contributed by atoms with Crippen LogP contribution in [0.25, 0.3) is 0 Å². The number of aromatic nitrogens is 2. The van der Waals surface area contributed by atoms with E-state index in [9.17, 15) is 4.79 Å². The minimum Gasteiger partial charge on any atom is -0.481 e. The molecular weight excluding hydrogens is 220 g/mol. The minimum absolute atomic E-state index is 0.201. The second-order valence-electron chi connectivity index (χ2n) is 4.53. The van der Waals surface area contributed by atoms with Gasteiger partial charge in [-0.25, -0.2) is 4.98 Å². The van der Waals surface area contributed by atoms with Crippen molar-refractivity contribution in [2.75, 3.05) is 12.4 Å². The fourth-order valence-electron chi connectivity index (χ4n) is 1.48. The number of primary amides is 1. The summed E-state index contributed by atoms with van der Waals surface area (Å²) in [6, 6.07) is 1.73. The van der Waals surface area contributed by atoms with Gasteiger partial charge >= 0.3 is 0 Å². The molecule has 0 bridgehead atoms. The third-order valence-corrected chi connectivity index (χ3v) is 2.11. The number of nitrogens with two attached hydrogens (primary N) is 1. The van der Waals surface area contributed by atoms with E-state index in [0.717, 1.165) is 5.69 Å². The Balaban J connectivity index is 2.87. The maximum atomic E-state index is 10.9. The number of anilines is 1. The smallest absolute Gasteiger partial charge is 0.226 e. The Labute approximate surface area is 101 Å². The Morgan fingerprint density at radius 2 is 2.18 bits per heavy atom. The second kappa shape index (κ2) is 4.99. The first-order valence-electron chi connectivity index (χ1n) is 5.28. The summed E-state index contributed by atoms with van der Waals surface area (Å²) < 4.78 is 5.05. The molecule has 0 aliphatic heterocycles. The fraction of sp³-hybridized carbons (Fsp3) is 0.545. The van der Waals surface area contributed by atoms with E-state index in [0.29, 0.717) is 11.8 Å². The molecule has 1 amide bonds. The minimum atomic E-state index is -0.495. The average molecular weight is 238 g/mol. The molecule has 6 heteroatoms. The van der Waals surface area contributed by atoms with Crippen LogP contribution in [-0.4, -0.2) is 28.5 Å². The Morgan fingerprint density at radius 3 is 2.71 bits per heavy atom. The van der Waals surface area contributed by atoms with E-state index in [2.05, 4.69) is 15.3 Å². The summed E-state index contributed by atoms with van der Waals surface area (Å²) in [6.45, 7) is 5.56. The second-order valence-corrected chi connectivity index (χ2v) is 4.53. The molecule has 0 radical (unpaired) electrons. The standard InChI is InChI=1S/C11H18N4O2/c1-7-5-9(17-4)14-10(13-7)15-11(2,3)6-8(12)16/h5H,6H2,1-4H3,(H2,12,16)(H,13,14,15). The van der Waals surface area contributed by atoms with E-state index in [-0.39, 0.29) is 12.3 Å². The van der Waals surface area contributed by atoms with Crippen LogP contribution >= 0.6 is 0 Å². The van der Waals surface area contributed by atoms with Crippen molar-refractivity contribution in [3.63, 3.8) is 0 Å². The van der Waals surface area contributed by atoms with Gasteiger partial charge in [0.05, 0.1) is 7.11 Å². The van der Waals surface area contributed by atoms with Crippen molar-refractivity contribution >= 4 is 11.9 Å². The molecule has 3 N–H and O–H groups in total. The Morgan fingerprint density at radius 1 is 1.53 bits per heavy atom. The molecule has 0 unspecified atom stereocenters. The van der Waals surface area contributed by atoms with Gasteiger partial charge in [0.25, 0.3) is 0 Å². The highest BCUT2D eigenvalue weighted by molar-refractivity contribution is 5.75. The number of aryl methyl sites for hydroxylation is 1. The quantitative estimate of drug-likeness (QED) is 0.794. The highest BCUT2D eigenvalue weighted by Crippen LogP contribution is 2.17. The lowest BCUT2D eigenvalue weighted by Crippen LogP contribution is -2.36. The number of hydrogen-bond donors (Lipinski definition) is 2. The van der Waals surface area contributed by atoms with Gasteiger partial charge in [-0.2, -0.15) is 4.98 Å². The zero-order valence-electron chi connectivity index (χ0n) is 10.6. The lowest BCUT2D eigenvalue weighted by atomic mass is 10.0. The van der Waals surface area contributed by atoms with Crippen LogP contribution < -0.4 is 15.8 Å². The summed E-state index contributed by atoms with van der Waals surface area (Å²) in [7, 11) is 1.54. The largest absolute Gasteiger partial charge is 0.481 e. The van der Waals surface area contributed by atoms with Crippen LogP contribution in [0.1, 0.15) is 26.0 Å². The van der Waals surface area contributed by atoms with Gasteiger partial charge in [-0.3, -0.25) is 4.79 Å². The number of ether oxygens (including phenoxy) is 1. The predicted molar refractivity (Wildman–Crippen MR) is 64.8 cm³/mol. The first kappa shape index (κ1) is 13.2. The lowest BCUT2D eigenvalue weighted by Gasteiger charge is -2.24. The third-order valence-electron chi connectivity index (χ3n) is 2.11. The number of nitrogens with one attached hydrogen (secondary N) is 1. The monoisotopic (exact) mass is 238 g/mol. The van der Waals surface area contributed by atoms with E-state index in [4.69, 9.17) is 10.5 Å². The molecular formula is C11H18N4O2. The molecule has 0 atom stereocenters. The van der Waals surface area contributed by atoms with Gasteiger partial charge < -0.3 is 15.8 Å². The molecule has 6 nitrogen and oxygen atoms in total. The van der Waals surface area contributed by atoms with E-state index < -0.39 is 5.54 Å². The number of amides is 1. The van der Waals surface area contributed by atoms with Crippen molar-refractivity contribution < 1.29 is 9.53 Å². The van der Waals surface area contributed by atoms with E-state index in [1.165, 1.54) is 0 Å². The molecule has 0 saturated heterocycles. The maximum Gasteiger partial charge on any atom is 0.226 e. The van der Waals surface area contributed by atoms with Crippen molar-refractivity contribution in [2.24, 2.45) is 5.73 Å². The van der Waals surface area contributed by atoms with Crippen LogP contribution in [0.15, 0.2) is 6.07 Å². The van der Waals surface area contributed by atoms with Crippen molar-refractivity contribution in [1.82, 2.24) is 9.97 Å². The number of carbonyl (C=O) groups excluding carboxylic acids is 1. The summed E-state index contributed by atoms with van der Waals surface area (Å²) in [5.41, 5.74) is 5.46. The molecule has 1 aromatic heterocycles. The number of methoxy groups -OCH3 is 1. The molecule has 17 heavy (non-hydrogen) atoms. The lowest BCUT2D eigenvalue weighted by molar-refractivity contribution is -0.118. The molecule has 1 heterocycles. The Bertz CT molecular complexity index is 418. The fourth-order valence-corrected chi connectivity index (χ4v) is 1.48. The number of hydrogen-bond acceptors (Lipinski definition) is 5. The zero-order chi connectivity index (χ0) is 13.1. The predicted octanol–water partition coefficient (Wildman–Crippen LogP) is 0.860. The van der Waals surface area contributed by atoms with Crippen molar-refractivity contribution in [3.8, 4) is 5.88 Å². The summed E-state index contributed by atoms with van der Waals surface area (Å²) in [5.74, 6) is 0.532. The average Bonchev–Trinajstić information content (AvgIpc) is 2.13. The van der Waals surface area contributed by atoms with E-state index >= 15 is 0 Å². The van der Waals surface area contributed by atoms with Crippen LogP contribution in [0.2, 0.25) is 0 Å². The zero-order valence-corrected chi connectivity index (χ0v) is 10.6. The Hall–Kier alpha value is -1.85. The topological polar surface area (TPSA) is 90.1 Å². The van der Waals surface area contributed by atoms with Crippen LogP contribution in [0, 0.1) is 6.92 Å². The van der Waals surface area contributed by atoms with Gasteiger partial charge in [-0.1, -0.05) is 0 Å². The summed E-state index contributed by atoms with van der Waals surface area (Å²) >= 11 is 0. The van der Waals surface area contributed by atoms with Crippen LogP contribution in [0.5, 0.6) is 5.88 Å². The van der Waals surface area contributed by atoms with E-state index in [1.54, 1.807) is 13.2 Å². The van der Waals surface area contributed by atoms with Gasteiger partial charge in [-0.15, -0.1) is 0 Å². The van der Waals surface area contributed by atoms with Crippen LogP contribution in [0.3, 0.4) is 0 Å². The Kier molecular flexibility index (Phi) is 3.88. The number of nitrogens with zero attached hydrogens (tertiary/aromatic N) is 2. The summed E-state index contributed by atoms with van der Waals surface area (Å²) in [5, 5.41) is 3.06. The van der Waals surface area contributed by atoms with Gasteiger partial charge in [0, 0.05) is 23.7 Å².